The van der Waals surface area contributed by atoms with Crippen molar-refractivity contribution in [3.8, 4) is 11.1 Å². The molecule has 3 aromatic rings. The minimum atomic E-state index is -0.244. The summed E-state index contributed by atoms with van der Waals surface area (Å²) in [5.41, 5.74) is 2.48. The van der Waals surface area contributed by atoms with E-state index in [0.717, 1.165) is 22.0 Å². The van der Waals surface area contributed by atoms with Crippen LogP contribution in [0.3, 0.4) is 0 Å². The SMILES string of the molecule is O=c1[c]cc2cc(-c3ccccc3)c(Cl)cc2[nH]1. The van der Waals surface area contributed by atoms with E-state index in [9.17, 15) is 4.79 Å². The molecular weight excluding hydrogens is 246 g/mol. The molecule has 0 aliphatic carbocycles. The molecule has 3 rings (SSSR count). The van der Waals surface area contributed by atoms with Crippen molar-refractivity contribution in [3.63, 3.8) is 0 Å². The molecule has 3 heteroatoms. The first-order valence-corrected chi connectivity index (χ1v) is 5.91. The van der Waals surface area contributed by atoms with Crippen LogP contribution in [0.1, 0.15) is 0 Å². The molecule has 2 aromatic carbocycles. The lowest BCUT2D eigenvalue weighted by atomic mass is 10.0. The Bertz CT molecular complexity index is 762. The van der Waals surface area contributed by atoms with E-state index in [1.54, 1.807) is 12.1 Å². The molecule has 0 bridgehead atoms. The first kappa shape index (κ1) is 11.1. The van der Waals surface area contributed by atoms with Crippen LogP contribution in [0.2, 0.25) is 5.02 Å². The molecule has 0 spiro atoms. The highest BCUT2D eigenvalue weighted by molar-refractivity contribution is 6.34. The zero-order chi connectivity index (χ0) is 12.5. The van der Waals surface area contributed by atoms with Crippen molar-refractivity contribution in [2.24, 2.45) is 0 Å². The molecule has 1 N–H and O–H groups in total. The highest BCUT2D eigenvalue weighted by Gasteiger charge is 2.05. The summed E-state index contributed by atoms with van der Waals surface area (Å²) in [7, 11) is 0. The molecule has 0 saturated carbocycles. The zero-order valence-corrected chi connectivity index (χ0v) is 10.2. The number of nitrogens with one attached hydrogen (secondary N) is 1. The van der Waals surface area contributed by atoms with E-state index in [1.165, 1.54) is 0 Å². The summed E-state index contributed by atoms with van der Waals surface area (Å²) in [6, 6.07) is 17.9. The normalized spacial score (nSPS) is 10.7. The van der Waals surface area contributed by atoms with Gasteiger partial charge in [-0.05, 0) is 29.1 Å². The van der Waals surface area contributed by atoms with Gasteiger partial charge in [-0.2, -0.15) is 0 Å². The molecule has 0 atom stereocenters. The van der Waals surface area contributed by atoms with Gasteiger partial charge in [0.2, 0.25) is 0 Å². The third-order valence-electron chi connectivity index (χ3n) is 2.83. The summed E-state index contributed by atoms with van der Waals surface area (Å²) in [5.74, 6) is 0. The van der Waals surface area contributed by atoms with Crippen LogP contribution >= 0.6 is 11.6 Å². The molecule has 2 nitrogen and oxygen atoms in total. The smallest absolute Gasteiger partial charge is 0.256 e. The van der Waals surface area contributed by atoms with Gasteiger partial charge < -0.3 is 4.98 Å². The molecule has 0 aliphatic heterocycles. The fourth-order valence-electron chi connectivity index (χ4n) is 1.96. The van der Waals surface area contributed by atoms with Crippen LogP contribution in [0.15, 0.2) is 53.3 Å². The van der Waals surface area contributed by atoms with Gasteiger partial charge in [0.15, 0.2) is 0 Å². The van der Waals surface area contributed by atoms with Crippen LogP contribution in [0, 0.1) is 6.07 Å². The predicted octanol–water partition coefficient (Wildman–Crippen LogP) is 3.65. The van der Waals surface area contributed by atoms with Crippen LogP contribution in [0.25, 0.3) is 22.0 Å². The Hall–Kier alpha value is -2.06. The third kappa shape index (κ3) is 1.91. The van der Waals surface area contributed by atoms with Gasteiger partial charge in [0.1, 0.15) is 0 Å². The summed E-state index contributed by atoms with van der Waals surface area (Å²) >= 11 is 6.26. The first-order chi connectivity index (χ1) is 8.74. The summed E-state index contributed by atoms with van der Waals surface area (Å²) in [5, 5.41) is 1.54. The molecule has 0 fully saturated rings. The number of pyridine rings is 1. The van der Waals surface area contributed by atoms with Crippen molar-refractivity contribution in [3.05, 3.63) is 70.0 Å². The number of benzene rings is 2. The van der Waals surface area contributed by atoms with E-state index in [1.807, 2.05) is 36.4 Å². The Labute approximate surface area is 109 Å². The molecule has 0 aliphatic rings. The van der Waals surface area contributed by atoms with Crippen LogP contribution < -0.4 is 5.56 Å². The monoisotopic (exact) mass is 254 g/mol. The van der Waals surface area contributed by atoms with E-state index < -0.39 is 0 Å². The Morgan fingerprint density at radius 1 is 1.11 bits per heavy atom. The van der Waals surface area contributed by atoms with Crippen molar-refractivity contribution < 1.29 is 0 Å². The van der Waals surface area contributed by atoms with Crippen LogP contribution in [0.5, 0.6) is 0 Å². The first-order valence-electron chi connectivity index (χ1n) is 5.54. The molecule has 1 aromatic heterocycles. The zero-order valence-electron chi connectivity index (χ0n) is 9.41. The fraction of sp³-hybridized carbons (Fsp3) is 0. The maximum atomic E-state index is 11.2. The van der Waals surface area contributed by atoms with Gasteiger partial charge in [-0.15, -0.1) is 0 Å². The summed E-state index contributed by atoms with van der Waals surface area (Å²) < 4.78 is 0. The molecule has 0 amide bonds. The molecule has 0 saturated heterocycles. The van der Waals surface area contributed by atoms with Crippen LogP contribution in [0.4, 0.5) is 0 Å². The second-order valence-corrected chi connectivity index (χ2v) is 4.44. The Morgan fingerprint density at radius 3 is 2.67 bits per heavy atom. The molecule has 1 radical (unpaired) electrons. The van der Waals surface area contributed by atoms with Gasteiger partial charge in [-0.25, -0.2) is 0 Å². The molecule has 0 unspecified atom stereocenters. The highest BCUT2D eigenvalue weighted by Crippen LogP contribution is 2.30. The van der Waals surface area contributed by atoms with Crippen molar-refractivity contribution in [1.29, 1.82) is 0 Å². The average molecular weight is 255 g/mol. The summed E-state index contributed by atoms with van der Waals surface area (Å²) in [6.45, 7) is 0. The van der Waals surface area contributed by atoms with E-state index in [2.05, 4.69) is 11.1 Å². The van der Waals surface area contributed by atoms with Gasteiger partial charge >= 0.3 is 0 Å². The summed E-state index contributed by atoms with van der Waals surface area (Å²) in [6.07, 6.45) is 0. The van der Waals surface area contributed by atoms with E-state index in [0.29, 0.717) is 5.02 Å². The number of rotatable bonds is 1. The Kier molecular flexibility index (Phi) is 2.65. The number of aromatic amines is 1. The van der Waals surface area contributed by atoms with Gasteiger partial charge in [0.05, 0.1) is 11.1 Å². The van der Waals surface area contributed by atoms with Gasteiger partial charge in [0.25, 0.3) is 5.56 Å². The predicted molar refractivity (Wildman–Crippen MR) is 73.9 cm³/mol. The lowest BCUT2D eigenvalue weighted by molar-refractivity contribution is 1.30. The summed E-state index contributed by atoms with van der Waals surface area (Å²) in [4.78, 5) is 13.9. The Morgan fingerprint density at radius 2 is 1.89 bits per heavy atom. The maximum Gasteiger partial charge on any atom is 0.256 e. The number of fused-ring (bicyclic) bond motifs is 1. The van der Waals surface area contributed by atoms with Crippen LogP contribution in [-0.2, 0) is 0 Å². The van der Waals surface area contributed by atoms with Crippen molar-refractivity contribution >= 4 is 22.5 Å². The van der Waals surface area contributed by atoms with E-state index >= 15 is 0 Å². The topological polar surface area (TPSA) is 32.9 Å². The molecule has 18 heavy (non-hydrogen) atoms. The van der Waals surface area contributed by atoms with Crippen LogP contribution in [-0.4, -0.2) is 4.98 Å². The van der Waals surface area contributed by atoms with Crippen molar-refractivity contribution in [2.45, 2.75) is 0 Å². The standard InChI is InChI=1S/C15H9ClNO/c16-13-9-14-11(6-7-15(18)17-14)8-12(13)10-4-2-1-3-5-10/h1-6,8-9H,(H,17,18). The second-order valence-electron chi connectivity index (χ2n) is 4.03. The number of H-pyrrole nitrogens is 1. The number of halogens is 1. The van der Waals surface area contributed by atoms with E-state index in [4.69, 9.17) is 11.6 Å². The number of hydrogen-bond donors (Lipinski definition) is 1. The second kappa shape index (κ2) is 4.31. The minimum Gasteiger partial charge on any atom is -0.321 e. The molecule has 1 heterocycles. The number of aromatic nitrogens is 1. The largest absolute Gasteiger partial charge is 0.321 e. The lowest BCUT2D eigenvalue weighted by Crippen LogP contribution is -2.03. The molecule has 87 valence electrons. The Balaban J connectivity index is 2.29. The molecular formula is C15H9ClNO. The highest BCUT2D eigenvalue weighted by atomic mass is 35.5. The van der Waals surface area contributed by atoms with E-state index in [-0.39, 0.29) is 5.56 Å². The third-order valence-corrected chi connectivity index (χ3v) is 3.14. The van der Waals surface area contributed by atoms with Crippen molar-refractivity contribution in [2.75, 3.05) is 0 Å². The van der Waals surface area contributed by atoms with Crippen molar-refractivity contribution in [1.82, 2.24) is 4.98 Å². The lowest BCUT2D eigenvalue weighted by Gasteiger charge is -2.06. The van der Waals surface area contributed by atoms with Gasteiger partial charge in [-0.1, -0.05) is 41.9 Å². The quantitative estimate of drug-likeness (QED) is 0.706. The van der Waals surface area contributed by atoms with Gasteiger partial charge in [0, 0.05) is 11.1 Å². The fourth-order valence-corrected chi connectivity index (χ4v) is 2.23. The maximum absolute atomic E-state index is 11.2. The average Bonchev–Trinajstić information content (AvgIpc) is 2.39. The number of hydrogen-bond acceptors (Lipinski definition) is 1. The minimum absolute atomic E-state index is 0.244. The van der Waals surface area contributed by atoms with Gasteiger partial charge in [-0.3, -0.25) is 4.79 Å².